The zero-order chi connectivity index (χ0) is 24.4. The molecule has 0 spiro atoms. The Hall–Kier alpha value is -4.19. The van der Waals surface area contributed by atoms with Gasteiger partial charge in [-0.1, -0.05) is 5.92 Å². The van der Waals surface area contributed by atoms with Gasteiger partial charge in [0.15, 0.2) is 23.8 Å². The number of nitrogen functional groups attached to an aromatic ring is 1. The maximum Gasteiger partial charge on any atom is 0.257 e. The number of hydrogen-bond donors (Lipinski definition) is 4. The number of aromatic nitrogens is 6. The maximum absolute atomic E-state index is 12.4. The SMILES string of the molecule is CNC(=O)C1OC(n2cnc3c(N)nc(C#CCN(C)C(=O)c4cncnc4)nc32)[C@H](O)[C@@H]1O. The Labute approximate surface area is 192 Å². The lowest BCUT2D eigenvalue weighted by molar-refractivity contribution is -0.137. The number of aliphatic hydroxyl groups is 2. The van der Waals surface area contributed by atoms with E-state index in [1.54, 1.807) is 7.05 Å². The Morgan fingerprint density at radius 3 is 2.71 bits per heavy atom. The first-order valence-corrected chi connectivity index (χ1v) is 10.0. The molecule has 1 aliphatic heterocycles. The molecular weight excluding hydrogens is 446 g/mol. The topological polar surface area (TPSA) is 194 Å². The first-order chi connectivity index (χ1) is 16.3. The molecule has 2 amide bonds. The van der Waals surface area contributed by atoms with E-state index < -0.39 is 30.4 Å². The monoisotopic (exact) mass is 467 g/mol. The summed E-state index contributed by atoms with van der Waals surface area (Å²) in [5, 5.41) is 23.0. The second kappa shape index (κ2) is 9.35. The molecule has 0 aromatic carbocycles. The molecule has 0 radical (unpaired) electrons. The predicted molar refractivity (Wildman–Crippen MR) is 116 cm³/mol. The van der Waals surface area contributed by atoms with Crippen molar-refractivity contribution in [2.24, 2.45) is 0 Å². The average molecular weight is 467 g/mol. The van der Waals surface area contributed by atoms with E-state index in [0.29, 0.717) is 5.56 Å². The third kappa shape index (κ3) is 4.22. The number of nitrogens with one attached hydrogen (secondary N) is 1. The summed E-state index contributed by atoms with van der Waals surface area (Å²) in [6, 6.07) is 0. The minimum Gasteiger partial charge on any atom is -0.387 e. The smallest absolute Gasteiger partial charge is 0.257 e. The summed E-state index contributed by atoms with van der Waals surface area (Å²) in [6.07, 6.45) is 0.156. The number of hydrogen-bond acceptors (Lipinski definition) is 11. The summed E-state index contributed by atoms with van der Waals surface area (Å²) in [6.45, 7) is 0.0682. The number of nitrogens with two attached hydrogens (primary N) is 1. The number of nitrogens with zero attached hydrogens (tertiary/aromatic N) is 7. The molecule has 14 heteroatoms. The van der Waals surface area contributed by atoms with Gasteiger partial charge >= 0.3 is 0 Å². The number of fused-ring (bicyclic) bond motifs is 1. The highest BCUT2D eigenvalue weighted by atomic mass is 16.6. The number of ether oxygens (including phenoxy) is 1. The predicted octanol–water partition coefficient (Wildman–Crippen LogP) is -2.31. The fraction of sp³-hybridized carbons (Fsp3) is 0.350. The van der Waals surface area contributed by atoms with E-state index in [-0.39, 0.29) is 35.3 Å². The fourth-order valence-electron chi connectivity index (χ4n) is 3.37. The van der Waals surface area contributed by atoms with Crippen molar-refractivity contribution in [2.45, 2.75) is 24.5 Å². The van der Waals surface area contributed by atoms with Crippen molar-refractivity contribution >= 4 is 28.8 Å². The van der Waals surface area contributed by atoms with E-state index in [0.717, 1.165) is 0 Å². The quantitative estimate of drug-likeness (QED) is 0.301. The van der Waals surface area contributed by atoms with Gasteiger partial charge in [-0.2, -0.15) is 0 Å². The van der Waals surface area contributed by atoms with Gasteiger partial charge in [-0.05, 0) is 5.92 Å². The second-order valence-electron chi connectivity index (χ2n) is 7.39. The zero-order valence-electron chi connectivity index (χ0n) is 18.2. The summed E-state index contributed by atoms with van der Waals surface area (Å²) >= 11 is 0. The van der Waals surface area contributed by atoms with Crippen LogP contribution in [-0.2, 0) is 9.53 Å². The lowest BCUT2D eigenvalue weighted by atomic mass is 10.1. The number of imidazole rings is 1. The van der Waals surface area contributed by atoms with Gasteiger partial charge in [0.05, 0.1) is 18.4 Å². The molecule has 1 saturated heterocycles. The largest absolute Gasteiger partial charge is 0.387 e. The molecule has 3 aromatic rings. The molecule has 4 rings (SSSR count). The summed E-state index contributed by atoms with van der Waals surface area (Å²) < 4.78 is 6.92. The van der Waals surface area contributed by atoms with Crippen LogP contribution in [0.2, 0.25) is 0 Å². The van der Waals surface area contributed by atoms with Gasteiger partial charge in [0.25, 0.3) is 11.8 Å². The minimum atomic E-state index is -1.45. The van der Waals surface area contributed by atoms with E-state index in [1.165, 1.54) is 41.6 Å². The van der Waals surface area contributed by atoms with E-state index in [1.807, 2.05) is 0 Å². The van der Waals surface area contributed by atoms with Gasteiger partial charge in [0.2, 0.25) is 5.82 Å². The van der Waals surface area contributed by atoms with Crippen molar-refractivity contribution in [3.8, 4) is 11.8 Å². The van der Waals surface area contributed by atoms with Crippen molar-refractivity contribution in [3.05, 3.63) is 36.4 Å². The number of aliphatic hydroxyl groups excluding tert-OH is 2. The molecule has 3 aromatic heterocycles. The molecule has 4 heterocycles. The highest BCUT2D eigenvalue weighted by Gasteiger charge is 2.47. The Balaban J connectivity index is 1.57. The molecular formula is C20H21N9O5. The Morgan fingerprint density at radius 1 is 1.26 bits per heavy atom. The van der Waals surface area contributed by atoms with Crippen molar-refractivity contribution < 1.29 is 24.5 Å². The summed E-state index contributed by atoms with van der Waals surface area (Å²) in [5.41, 5.74) is 6.74. The highest BCUT2D eigenvalue weighted by molar-refractivity contribution is 5.93. The molecule has 34 heavy (non-hydrogen) atoms. The van der Waals surface area contributed by atoms with E-state index in [9.17, 15) is 19.8 Å². The lowest BCUT2D eigenvalue weighted by Gasteiger charge is -2.16. The third-order valence-electron chi connectivity index (χ3n) is 5.14. The van der Waals surface area contributed by atoms with Crippen LogP contribution in [0.1, 0.15) is 22.4 Å². The fourth-order valence-corrected chi connectivity index (χ4v) is 3.37. The average Bonchev–Trinajstić information content (AvgIpc) is 3.39. The van der Waals surface area contributed by atoms with E-state index >= 15 is 0 Å². The molecule has 1 fully saturated rings. The van der Waals surface area contributed by atoms with E-state index in [4.69, 9.17) is 10.5 Å². The Morgan fingerprint density at radius 2 is 2.00 bits per heavy atom. The number of carbonyl (C=O) groups is 2. The summed E-state index contributed by atoms with van der Waals surface area (Å²) in [4.78, 5) is 45.9. The molecule has 14 nitrogen and oxygen atoms in total. The molecule has 176 valence electrons. The van der Waals surface area contributed by atoms with Crippen LogP contribution in [-0.4, -0.2) is 95.4 Å². The van der Waals surface area contributed by atoms with Crippen molar-refractivity contribution in [1.29, 1.82) is 0 Å². The Kier molecular flexibility index (Phi) is 6.32. The normalized spacial score (nSPS) is 21.6. The standard InChI is InChI=1S/C20H21N9O5/c1-22-18(32)15-13(30)14(31)20(34-15)29-9-25-12-16(21)26-11(27-17(12)29)4-3-5-28(2)19(33)10-6-23-8-24-7-10/h6-9,13-15,20,30-31H,5H2,1-2H3,(H,22,32)(H2,21,26,27)/t13-,14+,15?,20?/m0/s1. The van der Waals surface area contributed by atoms with Gasteiger partial charge in [-0.25, -0.2) is 24.9 Å². The van der Waals surface area contributed by atoms with Gasteiger partial charge in [-0.15, -0.1) is 0 Å². The minimum absolute atomic E-state index is 0.0369. The lowest BCUT2D eigenvalue weighted by Crippen LogP contribution is -2.41. The molecule has 4 atom stereocenters. The zero-order valence-corrected chi connectivity index (χ0v) is 18.2. The molecule has 1 aliphatic rings. The molecule has 0 saturated carbocycles. The van der Waals surface area contributed by atoms with Crippen molar-refractivity contribution in [1.82, 2.24) is 39.7 Å². The van der Waals surface area contributed by atoms with Crippen LogP contribution in [0.4, 0.5) is 5.82 Å². The van der Waals surface area contributed by atoms with Gasteiger partial charge in [0, 0.05) is 26.5 Å². The summed E-state index contributed by atoms with van der Waals surface area (Å²) in [7, 11) is 2.97. The van der Waals surface area contributed by atoms with Crippen molar-refractivity contribution in [2.75, 3.05) is 26.4 Å². The first-order valence-electron chi connectivity index (χ1n) is 10.0. The maximum atomic E-state index is 12.4. The molecule has 5 N–H and O–H groups in total. The van der Waals surface area contributed by atoms with E-state index in [2.05, 4.69) is 42.1 Å². The molecule has 0 bridgehead atoms. The van der Waals surface area contributed by atoms with Crippen LogP contribution in [0.5, 0.6) is 0 Å². The number of likely N-dealkylation sites (N-methyl/N-ethyl adjacent to an activating group) is 1. The number of amides is 2. The number of rotatable bonds is 4. The molecule has 2 unspecified atom stereocenters. The van der Waals surface area contributed by atoms with Crippen LogP contribution in [0.15, 0.2) is 25.0 Å². The summed E-state index contributed by atoms with van der Waals surface area (Å²) in [5.74, 6) is 4.74. The van der Waals surface area contributed by atoms with Crippen LogP contribution < -0.4 is 11.1 Å². The van der Waals surface area contributed by atoms with Gasteiger partial charge in [0.1, 0.15) is 24.1 Å². The second-order valence-corrected chi connectivity index (χ2v) is 7.39. The van der Waals surface area contributed by atoms with Crippen LogP contribution >= 0.6 is 0 Å². The number of anilines is 1. The van der Waals surface area contributed by atoms with Crippen LogP contribution in [0, 0.1) is 11.8 Å². The van der Waals surface area contributed by atoms with Crippen LogP contribution in [0.3, 0.4) is 0 Å². The highest BCUT2D eigenvalue weighted by Crippen LogP contribution is 2.32. The molecule has 0 aliphatic carbocycles. The van der Waals surface area contributed by atoms with Gasteiger partial charge in [-0.3, -0.25) is 14.2 Å². The first kappa shape index (κ1) is 23.0. The number of carbonyl (C=O) groups excluding carboxylic acids is 2. The van der Waals surface area contributed by atoms with Crippen LogP contribution in [0.25, 0.3) is 11.2 Å². The Bertz CT molecular complexity index is 1290. The third-order valence-corrected chi connectivity index (χ3v) is 5.14. The van der Waals surface area contributed by atoms with Gasteiger partial charge < -0.3 is 30.9 Å². The van der Waals surface area contributed by atoms with Crippen molar-refractivity contribution in [3.63, 3.8) is 0 Å².